The SMILES string of the molecule is CCOC(OC=O)OP(=O)(COCCn1cnc2c(Sc3ccc(OC)cc3)nc(N)nc21)OC(OC=O)OCC. The standard InChI is InChI=1S/C23H30N5O11PS/c1-4-34-22(36-13-29)38-40(31,39-23(35-5-2)37-14-30)15-33-11-10-28-12-25-18-19(28)26-21(24)27-20(18)41-17-8-6-16(32-3)7-9-17/h6-9,12-14,22-23H,4-5,10-11,15H2,1-3H3,(H2,24,26,27). The molecular formula is C23H30N5O11PS. The number of methoxy groups -OCH3 is 1. The summed E-state index contributed by atoms with van der Waals surface area (Å²) in [5.74, 6) is 0.775. The first-order chi connectivity index (χ1) is 19.8. The quantitative estimate of drug-likeness (QED) is 0.0640. The molecule has 0 fully saturated rings. The summed E-state index contributed by atoms with van der Waals surface area (Å²) in [6.45, 7) is 0.226. The van der Waals surface area contributed by atoms with Gasteiger partial charge in [-0.3, -0.25) is 14.2 Å². The van der Waals surface area contributed by atoms with E-state index in [1.54, 1.807) is 31.9 Å². The number of rotatable bonds is 20. The van der Waals surface area contributed by atoms with Crippen LogP contribution in [0.4, 0.5) is 5.95 Å². The third kappa shape index (κ3) is 9.64. The summed E-state index contributed by atoms with van der Waals surface area (Å²) in [5.41, 5.74) is 6.94. The van der Waals surface area contributed by atoms with Crippen LogP contribution in [0.25, 0.3) is 11.2 Å². The molecule has 2 N–H and O–H groups in total. The summed E-state index contributed by atoms with van der Waals surface area (Å²) < 4.78 is 55.8. The van der Waals surface area contributed by atoms with Gasteiger partial charge in [0.15, 0.2) is 5.65 Å². The minimum Gasteiger partial charge on any atom is -0.497 e. The molecule has 1 aromatic carbocycles. The first-order valence-corrected chi connectivity index (χ1v) is 14.6. The molecule has 3 aromatic rings. The molecule has 0 radical (unpaired) electrons. The Morgan fingerprint density at radius 3 is 2.22 bits per heavy atom. The summed E-state index contributed by atoms with van der Waals surface area (Å²) in [7, 11) is -2.70. The number of ether oxygens (including phenoxy) is 6. The summed E-state index contributed by atoms with van der Waals surface area (Å²) in [6, 6.07) is 7.42. The van der Waals surface area contributed by atoms with Crippen LogP contribution in [0.1, 0.15) is 13.8 Å². The van der Waals surface area contributed by atoms with E-state index < -0.39 is 26.9 Å². The summed E-state index contributed by atoms with van der Waals surface area (Å²) >= 11 is 1.36. The predicted molar refractivity (Wildman–Crippen MR) is 143 cm³/mol. The van der Waals surface area contributed by atoms with Crippen LogP contribution in [0.15, 0.2) is 40.5 Å². The van der Waals surface area contributed by atoms with Crippen LogP contribution in [0.2, 0.25) is 0 Å². The molecule has 224 valence electrons. The number of nitrogen functional groups attached to an aromatic ring is 1. The number of aromatic nitrogens is 4. The number of anilines is 1. The van der Waals surface area contributed by atoms with Gasteiger partial charge in [-0.1, -0.05) is 11.8 Å². The highest BCUT2D eigenvalue weighted by atomic mass is 32.2. The Morgan fingerprint density at radius 1 is 1.02 bits per heavy atom. The van der Waals surface area contributed by atoms with E-state index in [4.69, 9.17) is 33.7 Å². The average Bonchev–Trinajstić information content (AvgIpc) is 3.35. The lowest BCUT2D eigenvalue weighted by Gasteiger charge is -2.25. The van der Waals surface area contributed by atoms with Gasteiger partial charge in [0.2, 0.25) is 5.95 Å². The van der Waals surface area contributed by atoms with E-state index in [0.29, 0.717) is 16.2 Å². The second-order valence-electron chi connectivity index (χ2n) is 7.59. The molecule has 3 rings (SSSR count). The number of imidazole rings is 1. The monoisotopic (exact) mass is 615 g/mol. The topological polar surface area (TPSA) is 195 Å². The molecule has 0 amide bonds. The highest BCUT2D eigenvalue weighted by Gasteiger charge is 2.35. The van der Waals surface area contributed by atoms with E-state index in [1.807, 2.05) is 24.3 Å². The molecule has 0 spiro atoms. The van der Waals surface area contributed by atoms with Crippen LogP contribution < -0.4 is 10.5 Å². The molecule has 0 aliphatic carbocycles. The van der Waals surface area contributed by atoms with Gasteiger partial charge in [-0.05, 0) is 38.1 Å². The van der Waals surface area contributed by atoms with E-state index in [9.17, 15) is 14.2 Å². The first kappa shape index (κ1) is 32.2. The fourth-order valence-electron chi connectivity index (χ4n) is 3.16. The Bertz CT molecular complexity index is 1290. The van der Waals surface area contributed by atoms with E-state index in [0.717, 1.165) is 10.6 Å². The maximum Gasteiger partial charge on any atom is 0.365 e. The number of fused-ring (bicyclic) bond motifs is 1. The van der Waals surface area contributed by atoms with Crippen LogP contribution in [0, 0.1) is 0 Å². The Kier molecular flexibility index (Phi) is 12.7. The average molecular weight is 616 g/mol. The molecule has 0 bridgehead atoms. The van der Waals surface area contributed by atoms with Crippen LogP contribution in [0.3, 0.4) is 0 Å². The smallest absolute Gasteiger partial charge is 0.365 e. The fraction of sp³-hybridized carbons (Fsp3) is 0.435. The van der Waals surface area contributed by atoms with Crippen LogP contribution in [0.5, 0.6) is 5.75 Å². The second-order valence-corrected chi connectivity index (χ2v) is 10.6. The predicted octanol–water partition coefficient (Wildman–Crippen LogP) is 2.75. The maximum absolute atomic E-state index is 13.4. The summed E-state index contributed by atoms with van der Waals surface area (Å²) in [5, 5.41) is 0.554. The second kappa shape index (κ2) is 16.2. The number of benzene rings is 1. The molecule has 2 atom stereocenters. The first-order valence-electron chi connectivity index (χ1n) is 12.1. The molecule has 2 heterocycles. The lowest BCUT2D eigenvalue weighted by atomic mass is 10.3. The number of nitrogens with two attached hydrogens (primary N) is 1. The van der Waals surface area contributed by atoms with Crippen LogP contribution in [-0.4, -0.2) is 78.7 Å². The van der Waals surface area contributed by atoms with Gasteiger partial charge in [-0.15, -0.1) is 0 Å². The van der Waals surface area contributed by atoms with Gasteiger partial charge in [0, 0.05) is 11.4 Å². The van der Waals surface area contributed by atoms with E-state index in [2.05, 4.69) is 24.4 Å². The lowest BCUT2D eigenvalue weighted by Crippen LogP contribution is -2.25. The van der Waals surface area contributed by atoms with Gasteiger partial charge in [0.05, 0.1) is 33.3 Å². The third-order valence-electron chi connectivity index (χ3n) is 4.88. The Morgan fingerprint density at radius 2 is 1.66 bits per heavy atom. The summed E-state index contributed by atoms with van der Waals surface area (Å²) in [6.07, 6.45) is 0.895. The van der Waals surface area contributed by atoms with Crippen molar-refractivity contribution in [1.82, 2.24) is 19.5 Å². The molecule has 0 aliphatic rings. The van der Waals surface area contributed by atoms with Gasteiger partial charge in [0.25, 0.3) is 12.9 Å². The van der Waals surface area contributed by atoms with Crippen molar-refractivity contribution < 1.29 is 51.6 Å². The molecule has 2 unspecified atom stereocenters. The third-order valence-corrected chi connectivity index (χ3v) is 7.35. The van der Waals surface area contributed by atoms with Crippen molar-refractivity contribution >= 4 is 49.4 Å². The zero-order valence-electron chi connectivity index (χ0n) is 22.4. The van der Waals surface area contributed by atoms with Gasteiger partial charge in [-0.25, -0.2) is 19.0 Å². The molecule has 2 aromatic heterocycles. The van der Waals surface area contributed by atoms with Crippen molar-refractivity contribution in [1.29, 1.82) is 0 Å². The molecule has 0 aliphatic heterocycles. The molecule has 0 saturated heterocycles. The molecule has 18 heteroatoms. The van der Waals surface area contributed by atoms with Crippen LogP contribution in [-0.2, 0) is 53.4 Å². The number of hydrogen-bond donors (Lipinski definition) is 1. The van der Waals surface area contributed by atoms with E-state index in [-0.39, 0.29) is 45.3 Å². The Balaban J connectivity index is 1.70. The zero-order valence-corrected chi connectivity index (χ0v) is 24.2. The van der Waals surface area contributed by atoms with Crippen molar-refractivity contribution in [3.8, 4) is 5.75 Å². The highest BCUT2D eigenvalue weighted by molar-refractivity contribution is 7.99. The largest absolute Gasteiger partial charge is 0.497 e. The number of carbonyl (C=O) groups excluding carboxylic acids is 2. The number of hydrogen-bond acceptors (Lipinski definition) is 16. The lowest BCUT2D eigenvalue weighted by molar-refractivity contribution is -0.253. The van der Waals surface area contributed by atoms with E-state index >= 15 is 0 Å². The van der Waals surface area contributed by atoms with Gasteiger partial charge < -0.3 is 38.7 Å². The minimum absolute atomic E-state index is 0.0191. The van der Waals surface area contributed by atoms with Crippen molar-refractivity contribution in [2.24, 2.45) is 0 Å². The summed E-state index contributed by atoms with van der Waals surface area (Å²) in [4.78, 5) is 35.5. The Labute approximate surface area is 239 Å². The fourth-order valence-corrected chi connectivity index (χ4v) is 5.31. The van der Waals surface area contributed by atoms with Crippen LogP contribution >= 0.6 is 19.4 Å². The molecular weight excluding hydrogens is 585 g/mol. The van der Waals surface area contributed by atoms with Crippen molar-refractivity contribution in [3.05, 3.63) is 30.6 Å². The number of nitrogens with zero attached hydrogens (tertiary/aromatic N) is 4. The van der Waals surface area contributed by atoms with E-state index in [1.165, 1.54) is 11.8 Å². The normalized spacial score (nSPS) is 14.2. The van der Waals surface area contributed by atoms with Gasteiger partial charge in [0.1, 0.15) is 22.6 Å². The van der Waals surface area contributed by atoms with Crippen molar-refractivity contribution in [2.45, 2.75) is 43.3 Å². The minimum atomic E-state index is -4.29. The number of carbonyl (C=O) groups is 2. The van der Waals surface area contributed by atoms with Crippen molar-refractivity contribution in [3.63, 3.8) is 0 Å². The maximum atomic E-state index is 13.4. The highest BCUT2D eigenvalue weighted by Crippen LogP contribution is 2.51. The van der Waals surface area contributed by atoms with Gasteiger partial charge in [-0.2, -0.15) is 4.98 Å². The molecule has 41 heavy (non-hydrogen) atoms. The molecule has 0 saturated carbocycles. The Hall–Kier alpha value is -3.31. The molecule has 16 nitrogen and oxygen atoms in total. The zero-order chi connectivity index (χ0) is 29.7. The van der Waals surface area contributed by atoms with Gasteiger partial charge >= 0.3 is 20.5 Å². The van der Waals surface area contributed by atoms with Crippen molar-refractivity contribution in [2.75, 3.05) is 39.0 Å².